The van der Waals surface area contributed by atoms with Crippen LogP contribution in [0.25, 0.3) is 0 Å². The fourth-order valence-corrected chi connectivity index (χ4v) is 1.13. The number of nitrogens with zero attached hydrogens (tertiary/aromatic N) is 1. The summed E-state index contributed by atoms with van der Waals surface area (Å²) in [6.07, 6.45) is 0. The number of nitrogen functional groups attached to an aromatic ring is 1. The number of carbonyl (C=O) groups is 2. The summed E-state index contributed by atoms with van der Waals surface area (Å²) in [5.41, 5.74) is 11.3. The summed E-state index contributed by atoms with van der Waals surface area (Å²) in [5, 5.41) is 0. The van der Waals surface area contributed by atoms with Gasteiger partial charge in [-0.2, -0.15) is 0 Å². The average molecular weight is 237 g/mol. The predicted molar refractivity (Wildman–Crippen MR) is 63.6 cm³/mol. The number of hydrogen-bond donors (Lipinski definition) is 2. The van der Waals surface area contributed by atoms with Gasteiger partial charge in [0, 0.05) is 19.8 Å². The number of amides is 2. The maximum Gasteiger partial charge on any atom is 0.259 e. The molecule has 4 N–H and O–H groups in total. The third kappa shape index (κ3) is 3.37. The summed E-state index contributed by atoms with van der Waals surface area (Å²) in [4.78, 5) is 23.9. The van der Waals surface area contributed by atoms with E-state index in [-0.39, 0.29) is 23.8 Å². The molecule has 0 heterocycles. The van der Waals surface area contributed by atoms with Crippen LogP contribution in [0.1, 0.15) is 10.4 Å². The molecule has 6 nitrogen and oxygen atoms in total. The first-order chi connectivity index (χ1) is 7.91. The van der Waals surface area contributed by atoms with Crippen LogP contribution >= 0.6 is 0 Å². The topological polar surface area (TPSA) is 98.7 Å². The van der Waals surface area contributed by atoms with Crippen molar-refractivity contribution in [3.8, 4) is 5.75 Å². The Morgan fingerprint density at radius 3 is 2.53 bits per heavy atom. The molecule has 92 valence electrons. The Morgan fingerprint density at radius 2 is 2.00 bits per heavy atom. The Bertz CT molecular complexity index is 444. The highest BCUT2D eigenvalue weighted by atomic mass is 16.5. The van der Waals surface area contributed by atoms with Crippen LogP contribution in [-0.4, -0.2) is 37.4 Å². The highest BCUT2D eigenvalue weighted by Crippen LogP contribution is 2.20. The molecule has 0 aliphatic rings. The lowest BCUT2D eigenvalue weighted by molar-refractivity contribution is -0.130. The van der Waals surface area contributed by atoms with Crippen molar-refractivity contribution in [1.29, 1.82) is 0 Å². The monoisotopic (exact) mass is 237 g/mol. The third-order valence-electron chi connectivity index (χ3n) is 2.12. The van der Waals surface area contributed by atoms with E-state index in [0.29, 0.717) is 5.69 Å². The number of benzene rings is 1. The van der Waals surface area contributed by atoms with Crippen molar-refractivity contribution >= 4 is 17.5 Å². The van der Waals surface area contributed by atoms with Crippen molar-refractivity contribution in [3.05, 3.63) is 23.8 Å². The zero-order valence-corrected chi connectivity index (χ0v) is 9.77. The number of rotatable bonds is 4. The average Bonchev–Trinajstić information content (AvgIpc) is 2.26. The van der Waals surface area contributed by atoms with Gasteiger partial charge >= 0.3 is 0 Å². The summed E-state index contributed by atoms with van der Waals surface area (Å²) >= 11 is 0. The molecule has 0 unspecified atom stereocenters. The van der Waals surface area contributed by atoms with Gasteiger partial charge in [-0.25, -0.2) is 0 Å². The van der Waals surface area contributed by atoms with Crippen molar-refractivity contribution < 1.29 is 14.3 Å². The van der Waals surface area contributed by atoms with Gasteiger partial charge in [0.15, 0.2) is 6.61 Å². The fraction of sp³-hybridized carbons (Fsp3) is 0.273. The lowest BCUT2D eigenvalue weighted by Gasteiger charge is -2.13. The van der Waals surface area contributed by atoms with Crippen molar-refractivity contribution in [3.63, 3.8) is 0 Å². The molecule has 0 spiro atoms. The summed E-state index contributed by atoms with van der Waals surface area (Å²) in [6, 6.07) is 4.50. The molecule has 6 heteroatoms. The van der Waals surface area contributed by atoms with E-state index in [0.717, 1.165) is 0 Å². The second-order valence-electron chi connectivity index (χ2n) is 3.70. The zero-order chi connectivity index (χ0) is 13.0. The first-order valence-corrected chi connectivity index (χ1v) is 4.94. The van der Waals surface area contributed by atoms with E-state index in [1.807, 2.05) is 0 Å². The van der Waals surface area contributed by atoms with E-state index in [2.05, 4.69) is 0 Å². The molecule has 1 rings (SSSR count). The summed E-state index contributed by atoms with van der Waals surface area (Å²) in [5.74, 6) is -0.608. The Balaban J connectivity index is 2.84. The minimum Gasteiger partial charge on any atom is -0.483 e. The summed E-state index contributed by atoms with van der Waals surface area (Å²) in [6.45, 7) is -0.156. The molecular weight excluding hydrogens is 222 g/mol. The molecule has 0 radical (unpaired) electrons. The third-order valence-corrected chi connectivity index (χ3v) is 2.12. The SMILES string of the molecule is CN(C)C(=O)COc1ccc(N)cc1C(N)=O. The lowest BCUT2D eigenvalue weighted by Crippen LogP contribution is -2.28. The van der Waals surface area contributed by atoms with E-state index in [9.17, 15) is 9.59 Å². The van der Waals surface area contributed by atoms with Crippen molar-refractivity contribution in [1.82, 2.24) is 4.90 Å². The lowest BCUT2D eigenvalue weighted by atomic mass is 10.1. The predicted octanol–water partition coefficient (Wildman–Crippen LogP) is -0.165. The molecule has 0 aliphatic carbocycles. The van der Waals surface area contributed by atoms with E-state index >= 15 is 0 Å². The number of primary amides is 1. The number of carbonyl (C=O) groups excluding carboxylic acids is 2. The van der Waals surface area contributed by atoms with Crippen LogP contribution in [0.5, 0.6) is 5.75 Å². The van der Waals surface area contributed by atoms with E-state index in [1.165, 1.54) is 17.0 Å². The zero-order valence-electron chi connectivity index (χ0n) is 9.77. The van der Waals surface area contributed by atoms with E-state index in [1.54, 1.807) is 20.2 Å². The molecule has 1 aromatic rings. The van der Waals surface area contributed by atoms with Gasteiger partial charge in [-0.1, -0.05) is 0 Å². The standard InChI is InChI=1S/C11H15N3O3/c1-14(2)10(15)6-17-9-4-3-7(12)5-8(9)11(13)16/h3-5H,6,12H2,1-2H3,(H2,13,16). The molecule has 1 aromatic carbocycles. The van der Waals surface area contributed by atoms with Gasteiger partial charge in [0.2, 0.25) is 0 Å². The quantitative estimate of drug-likeness (QED) is 0.710. The minimum atomic E-state index is -0.649. The Morgan fingerprint density at radius 1 is 1.35 bits per heavy atom. The van der Waals surface area contributed by atoms with Crippen LogP contribution in [0.2, 0.25) is 0 Å². The Kier molecular flexibility index (Phi) is 3.92. The second kappa shape index (κ2) is 5.20. The van der Waals surface area contributed by atoms with E-state index < -0.39 is 5.91 Å². The van der Waals surface area contributed by atoms with Crippen LogP contribution in [0.15, 0.2) is 18.2 Å². The molecule has 0 saturated carbocycles. The molecule has 17 heavy (non-hydrogen) atoms. The second-order valence-corrected chi connectivity index (χ2v) is 3.70. The van der Waals surface area contributed by atoms with Gasteiger partial charge in [0.05, 0.1) is 5.56 Å². The molecule has 0 fully saturated rings. The maximum absolute atomic E-state index is 11.3. The molecule has 0 bridgehead atoms. The van der Waals surface area contributed by atoms with Crippen molar-refractivity contribution in [2.45, 2.75) is 0 Å². The van der Waals surface area contributed by atoms with Gasteiger partial charge in [-0.05, 0) is 18.2 Å². The largest absolute Gasteiger partial charge is 0.483 e. The van der Waals surface area contributed by atoms with Gasteiger partial charge in [-0.15, -0.1) is 0 Å². The first kappa shape index (κ1) is 12.8. The van der Waals surface area contributed by atoms with Crippen LogP contribution in [0.3, 0.4) is 0 Å². The summed E-state index contributed by atoms with van der Waals surface area (Å²) in [7, 11) is 3.23. The van der Waals surface area contributed by atoms with Crippen molar-refractivity contribution in [2.24, 2.45) is 5.73 Å². The molecule has 0 atom stereocenters. The number of hydrogen-bond acceptors (Lipinski definition) is 4. The molecule has 0 aliphatic heterocycles. The molecule has 2 amide bonds. The first-order valence-electron chi connectivity index (χ1n) is 4.94. The van der Waals surface area contributed by atoms with E-state index in [4.69, 9.17) is 16.2 Å². The number of likely N-dealkylation sites (N-methyl/N-ethyl adjacent to an activating group) is 1. The Labute approximate surface area is 99.1 Å². The van der Waals surface area contributed by atoms with Crippen LogP contribution in [0, 0.1) is 0 Å². The van der Waals surface area contributed by atoms with Gasteiger partial charge in [0.25, 0.3) is 11.8 Å². The van der Waals surface area contributed by atoms with Crippen LogP contribution in [0.4, 0.5) is 5.69 Å². The number of ether oxygens (including phenoxy) is 1. The normalized spacial score (nSPS) is 9.76. The van der Waals surface area contributed by atoms with Crippen LogP contribution in [-0.2, 0) is 4.79 Å². The molecule has 0 saturated heterocycles. The number of anilines is 1. The highest BCUT2D eigenvalue weighted by molar-refractivity contribution is 5.96. The van der Waals surface area contributed by atoms with Gasteiger partial charge < -0.3 is 21.1 Å². The number of nitrogens with two attached hydrogens (primary N) is 2. The molecular formula is C11H15N3O3. The Hall–Kier alpha value is -2.24. The van der Waals surface area contributed by atoms with Crippen LogP contribution < -0.4 is 16.2 Å². The summed E-state index contributed by atoms with van der Waals surface area (Å²) < 4.78 is 5.23. The minimum absolute atomic E-state index is 0.156. The van der Waals surface area contributed by atoms with Crippen molar-refractivity contribution in [2.75, 3.05) is 26.4 Å². The maximum atomic E-state index is 11.3. The molecule has 0 aromatic heterocycles. The fourth-order valence-electron chi connectivity index (χ4n) is 1.13. The smallest absolute Gasteiger partial charge is 0.259 e. The van der Waals surface area contributed by atoms with Gasteiger partial charge in [-0.3, -0.25) is 9.59 Å². The highest BCUT2D eigenvalue weighted by Gasteiger charge is 2.12. The van der Waals surface area contributed by atoms with Gasteiger partial charge in [0.1, 0.15) is 5.75 Å².